The summed E-state index contributed by atoms with van der Waals surface area (Å²) in [4.78, 5) is 14.1. The van der Waals surface area contributed by atoms with Gasteiger partial charge in [0.05, 0.1) is 13.2 Å². The Labute approximate surface area is 98.8 Å². The molecule has 3 nitrogen and oxygen atoms in total. The van der Waals surface area contributed by atoms with Crippen molar-refractivity contribution >= 4 is 5.78 Å². The number of carbonyl (C=O) groups is 1. The molecule has 0 bridgehead atoms. The summed E-state index contributed by atoms with van der Waals surface area (Å²) in [5.74, 6) is 0.699. The van der Waals surface area contributed by atoms with Crippen molar-refractivity contribution in [3.8, 4) is 0 Å². The van der Waals surface area contributed by atoms with Crippen LogP contribution in [-0.2, 0) is 4.79 Å². The standard InChI is InChI=1S/C13H25NO2/c1-2-3-8-14(9-10-15)11-13(16)12-6-4-5-7-12/h12,15H,2-11H2,1H3. The SMILES string of the molecule is CCCCN(CCO)CC(=O)C1CCCC1. The van der Waals surface area contributed by atoms with Crippen LogP contribution in [0.25, 0.3) is 0 Å². The highest BCUT2D eigenvalue weighted by atomic mass is 16.3. The minimum atomic E-state index is 0.154. The van der Waals surface area contributed by atoms with E-state index < -0.39 is 0 Å². The van der Waals surface area contributed by atoms with Crippen LogP contribution >= 0.6 is 0 Å². The van der Waals surface area contributed by atoms with Crippen LogP contribution in [-0.4, -0.2) is 42.0 Å². The summed E-state index contributed by atoms with van der Waals surface area (Å²) in [6, 6.07) is 0. The zero-order valence-electron chi connectivity index (χ0n) is 10.5. The van der Waals surface area contributed by atoms with Crippen molar-refractivity contribution in [3.05, 3.63) is 0 Å². The number of hydrogen-bond acceptors (Lipinski definition) is 3. The maximum atomic E-state index is 12.0. The number of carbonyl (C=O) groups excluding carboxylic acids is 1. The molecule has 1 saturated carbocycles. The van der Waals surface area contributed by atoms with Crippen LogP contribution in [0.5, 0.6) is 0 Å². The third-order valence-corrected chi connectivity index (χ3v) is 3.43. The number of rotatable bonds is 8. The molecule has 0 amide bonds. The van der Waals surface area contributed by atoms with Gasteiger partial charge in [-0.15, -0.1) is 0 Å². The minimum Gasteiger partial charge on any atom is -0.395 e. The molecule has 0 aromatic heterocycles. The Hall–Kier alpha value is -0.410. The van der Waals surface area contributed by atoms with E-state index in [1.807, 2.05) is 0 Å². The third kappa shape index (κ3) is 4.62. The molecule has 0 spiro atoms. The molecule has 16 heavy (non-hydrogen) atoms. The lowest BCUT2D eigenvalue weighted by Crippen LogP contribution is -2.35. The van der Waals surface area contributed by atoms with Gasteiger partial charge in [0.1, 0.15) is 5.78 Å². The Morgan fingerprint density at radius 3 is 2.56 bits per heavy atom. The van der Waals surface area contributed by atoms with E-state index in [1.54, 1.807) is 0 Å². The van der Waals surface area contributed by atoms with Gasteiger partial charge in [-0.05, 0) is 25.8 Å². The Morgan fingerprint density at radius 1 is 1.31 bits per heavy atom. The van der Waals surface area contributed by atoms with E-state index in [1.165, 1.54) is 12.8 Å². The second-order valence-corrected chi connectivity index (χ2v) is 4.80. The van der Waals surface area contributed by atoms with Crippen LogP contribution in [0.1, 0.15) is 45.4 Å². The predicted molar refractivity (Wildman–Crippen MR) is 65.4 cm³/mol. The van der Waals surface area contributed by atoms with Gasteiger partial charge in [-0.1, -0.05) is 26.2 Å². The molecule has 0 atom stereocenters. The summed E-state index contributed by atoms with van der Waals surface area (Å²) in [7, 11) is 0. The molecule has 1 aliphatic carbocycles. The van der Waals surface area contributed by atoms with Gasteiger partial charge in [0.25, 0.3) is 0 Å². The summed E-state index contributed by atoms with van der Waals surface area (Å²) in [6.07, 6.45) is 6.84. The number of aliphatic hydroxyl groups excluding tert-OH is 1. The van der Waals surface area contributed by atoms with Crippen LogP contribution < -0.4 is 0 Å². The Bertz CT molecular complexity index is 200. The lowest BCUT2D eigenvalue weighted by atomic mass is 10.0. The number of aliphatic hydroxyl groups is 1. The molecule has 1 aliphatic rings. The largest absolute Gasteiger partial charge is 0.395 e. The molecule has 1 N–H and O–H groups in total. The van der Waals surface area contributed by atoms with E-state index in [4.69, 9.17) is 5.11 Å². The molecular formula is C13H25NO2. The van der Waals surface area contributed by atoms with Gasteiger partial charge < -0.3 is 5.11 Å². The normalized spacial score (nSPS) is 17.2. The van der Waals surface area contributed by atoms with Gasteiger partial charge in [0.15, 0.2) is 0 Å². The highest BCUT2D eigenvalue weighted by Crippen LogP contribution is 2.25. The first-order chi connectivity index (χ1) is 7.77. The van der Waals surface area contributed by atoms with Crippen LogP contribution in [0.15, 0.2) is 0 Å². The molecule has 94 valence electrons. The summed E-state index contributed by atoms with van der Waals surface area (Å²) < 4.78 is 0. The van der Waals surface area contributed by atoms with Crippen molar-refractivity contribution < 1.29 is 9.90 Å². The molecule has 0 radical (unpaired) electrons. The summed E-state index contributed by atoms with van der Waals surface area (Å²) in [5.41, 5.74) is 0. The quantitative estimate of drug-likeness (QED) is 0.688. The van der Waals surface area contributed by atoms with Gasteiger partial charge in [-0.3, -0.25) is 9.69 Å². The van der Waals surface area contributed by atoms with Gasteiger partial charge >= 0.3 is 0 Å². The van der Waals surface area contributed by atoms with E-state index in [0.29, 0.717) is 24.8 Å². The molecule has 1 rings (SSSR count). The monoisotopic (exact) mass is 227 g/mol. The van der Waals surface area contributed by atoms with E-state index in [2.05, 4.69) is 11.8 Å². The van der Waals surface area contributed by atoms with E-state index in [0.717, 1.165) is 32.2 Å². The summed E-state index contributed by atoms with van der Waals surface area (Å²) in [6.45, 7) is 4.43. The van der Waals surface area contributed by atoms with Crippen LogP contribution in [0.2, 0.25) is 0 Å². The third-order valence-electron chi connectivity index (χ3n) is 3.43. The van der Waals surface area contributed by atoms with E-state index in [-0.39, 0.29) is 6.61 Å². The molecule has 1 fully saturated rings. The second kappa shape index (κ2) is 7.80. The fourth-order valence-corrected chi connectivity index (χ4v) is 2.39. The van der Waals surface area contributed by atoms with Crippen LogP contribution in [0.4, 0.5) is 0 Å². The molecule has 0 aliphatic heterocycles. The van der Waals surface area contributed by atoms with Crippen molar-refractivity contribution in [2.45, 2.75) is 45.4 Å². The predicted octanol–water partition coefficient (Wildman–Crippen LogP) is 1.84. The average Bonchev–Trinajstić information content (AvgIpc) is 2.79. The van der Waals surface area contributed by atoms with Crippen molar-refractivity contribution in [2.75, 3.05) is 26.2 Å². The summed E-state index contributed by atoms with van der Waals surface area (Å²) in [5, 5.41) is 8.96. The first kappa shape index (κ1) is 13.7. The zero-order chi connectivity index (χ0) is 11.8. The van der Waals surface area contributed by atoms with Crippen molar-refractivity contribution in [2.24, 2.45) is 5.92 Å². The zero-order valence-corrected chi connectivity index (χ0v) is 10.5. The summed E-state index contributed by atoms with van der Waals surface area (Å²) >= 11 is 0. The second-order valence-electron chi connectivity index (χ2n) is 4.80. The number of ketones is 1. The number of hydrogen-bond donors (Lipinski definition) is 1. The molecule has 3 heteroatoms. The van der Waals surface area contributed by atoms with Crippen molar-refractivity contribution in [1.82, 2.24) is 4.90 Å². The van der Waals surface area contributed by atoms with Crippen molar-refractivity contribution in [3.63, 3.8) is 0 Å². The fraction of sp³-hybridized carbons (Fsp3) is 0.923. The first-order valence-corrected chi connectivity index (χ1v) is 6.63. The lowest BCUT2D eigenvalue weighted by molar-refractivity contribution is -0.124. The van der Waals surface area contributed by atoms with Gasteiger partial charge in [0, 0.05) is 12.5 Å². The van der Waals surface area contributed by atoms with E-state index in [9.17, 15) is 4.79 Å². The maximum Gasteiger partial charge on any atom is 0.149 e. The Balaban J connectivity index is 2.30. The number of unbranched alkanes of at least 4 members (excludes halogenated alkanes) is 1. The fourth-order valence-electron chi connectivity index (χ4n) is 2.39. The van der Waals surface area contributed by atoms with Gasteiger partial charge in [0.2, 0.25) is 0 Å². The minimum absolute atomic E-state index is 0.154. The highest BCUT2D eigenvalue weighted by molar-refractivity contribution is 5.83. The van der Waals surface area contributed by atoms with Crippen LogP contribution in [0.3, 0.4) is 0 Å². The molecule has 0 aromatic rings. The maximum absolute atomic E-state index is 12.0. The van der Waals surface area contributed by atoms with Crippen LogP contribution in [0, 0.1) is 5.92 Å². The van der Waals surface area contributed by atoms with Gasteiger partial charge in [-0.25, -0.2) is 0 Å². The smallest absolute Gasteiger partial charge is 0.149 e. The molecule has 0 heterocycles. The molecular weight excluding hydrogens is 202 g/mol. The topological polar surface area (TPSA) is 40.5 Å². The highest BCUT2D eigenvalue weighted by Gasteiger charge is 2.23. The van der Waals surface area contributed by atoms with E-state index >= 15 is 0 Å². The Kier molecular flexibility index (Phi) is 6.65. The lowest BCUT2D eigenvalue weighted by Gasteiger charge is -2.21. The number of nitrogens with zero attached hydrogens (tertiary/aromatic N) is 1. The molecule has 0 aromatic carbocycles. The number of Topliss-reactive ketones (excluding diaryl/α,β-unsaturated/α-hetero) is 1. The first-order valence-electron chi connectivity index (χ1n) is 6.63. The average molecular weight is 227 g/mol. The van der Waals surface area contributed by atoms with Gasteiger partial charge in [-0.2, -0.15) is 0 Å². The molecule has 0 saturated heterocycles. The molecule has 0 unspecified atom stereocenters. The van der Waals surface area contributed by atoms with Crippen molar-refractivity contribution in [1.29, 1.82) is 0 Å². The Morgan fingerprint density at radius 2 is 2.00 bits per heavy atom.